The Morgan fingerprint density at radius 2 is 1.81 bits per heavy atom. The molecule has 3 rings (SSSR count). The van der Waals surface area contributed by atoms with Gasteiger partial charge in [0.15, 0.2) is 6.61 Å². The van der Waals surface area contributed by atoms with Crippen LogP contribution in [0.3, 0.4) is 0 Å². The number of nitrogens with zero attached hydrogens (tertiary/aromatic N) is 4. The summed E-state index contributed by atoms with van der Waals surface area (Å²) in [5.74, 6) is 0.788. The van der Waals surface area contributed by atoms with Gasteiger partial charge in [0.1, 0.15) is 16.6 Å². The molecule has 3 aromatic rings. The van der Waals surface area contributed by atoms with Crippen molar-refractivity contribution >= 4 is 34.9 Å². The number of carbonyl (C=O) groups excluding carboxylic acids is 1. The van der Waals surface area contributed by atoms with Crippen LogP contribution in [0.1, 0.15) is 17.1 Å². The molecule has 2 heterocycles. The number of hydrogen-bond acceptors (Lipinski definition) is 5. The smallest absolute Gasteiger partial charge is 0.263 e. The predicted molar refractivity (Wildman–Crippen MR) is 104 cm³/mol. The van der Waals surface area contributed by atoms with Crippen molar-refractivity contribution in [3.05, 3.63) is 57.5 Å². The molecule has 2 aromatic heterocycles. The van der Waals surface area contributed by atoms with E-state index in [-0.39, 0.29) is 17.5 Å². The number of carbonyl (C=O) groups is 1. The summed E-state index contributed by atoms with van der Waals surface area (Å²) in [6.45, 7) is 5.32. The summed E-state index contributed by atoms with van der Waals surface area (Å²) in [6, 6.07) is 8.56. The molecule has 9 heteroatoms. The van der Waals surface area contributed by atoms with E-state index >= 15 is 0 Å². The van der Waals surface area contributed by atoms with Crippen LogP contribution in [0.5, 0.6) is 5.75 Å². The third kappa shape index (κ3) is 4.56. The Morgan fingerprint density at radius 1 is 1.11 bits per heavy atom. The number of nitrogens with one attached hydrogen (secondary N) is 1. The summed E-state index contributed by atoms with van der Waals surface area (Å²) in [7, 11) is 0. The van der Waals surface area contributed by atoms with Crippen LogP contribution in [0.4, 0.5) is 5.82 Å². The van der Waals surface area contributed by atoms with E-state index < -0.39 is 0 Å². The molecule has 0 aliphatic rings. The lowest BCUT2D eigenvalue weighted by molar-refractivity contribution is -0.118. The number of ether oxygens (including phenoxy) is 1. The number of amides is 1. The van der Waals surface area contributed by atoms with Crippen molar-refractivity contribution in [2.75, 3.05) is 11.9 Å². The topological polar surface area (TPSA) is 81.9 Å². The Balaban J connectivity index is 1.76. The zero-order valence-corrected chi connectivity index (χ0v) is 16.5. The second kappa shape index (κ2) is 7.94. The molecular formula is C18H17Cl2N5O2. The Bertz CT molecular complexity index is 983. The molecule has 1 aromatic carbocycles. The highest BCUT2D eigenvalue weighted by Crippen LogP contribution is 2.31. The molecule has 0 spiro atoms. The Morgan fingerprint density at radius 3 is 2.52 bits per heavy atom. The summed E-state index contributed by atoms with van der Waals surface area (Å²) < 4.78 is 6.94. The molecule has 0 atom stereocenters. The lowest BCUT2D eigenvalue weighted by Gasteiger charge is -2.10. The lowest BCUT2D eigenvalue weighted by Crippen LogP contribution is -2.22. The van der Waals surface area contributed by atoms with Crippen molar-refractivity contribution in [3.63, 3.8) is 0 Å². The van der Waals surface area contributed by atoms with Crippen molar-refractivity contribution in [3.8, 4) is 11.7 Å². The molecule has 0 unspecified atom stereocenters. The summed E-state index contributed by atoms with van der Waals surface area (Å²) in [4.78, 5) is 21.1. The molecule has 0 aliphatic heterocycles. The summed E-state index contributed by atoms with van der Waals surface area (Å²) >= 11 is 12.0. The number of anilines is 1. The normalized spacial score (nSPS) is 10.7. The SMILES string of the molecule is Cc1cc(C)nc(-n2nc(C)cc2NC(=O)COc2cccc(Cl)c2Cl)n1. The minimum absolute atomic E-state index is 0.238. The standard InChI is InChI=1S/C18H17Cl2N5O2/c1-10-7-11(2)22-18(21-10)25-15(8-12(3)24-25)23-16(26)9-27-14-6-4-5-13(19)17(14)20/h4-8H,9H2,1-3H3,(H,23,26). The second-order valence-corrected chi connectivity index (χ2v) is 6.71. The van der Waals surface area contributed by atoms with Crippen LogP contribution in [0.2, 0.25) is 10.0 Å². The molecule has 27 heavy (non-hydrogen) atoms. The van der Waals surface area contributed by atoms with E-state index in [4.69, 9.17) is 27.9 Å². The number of aryl methyl sites for hydroxylation is 3. The summed E-state index contributed by atoms with van der Waals surface area (Å²) in [5.41, 5.74) is 2.33. The number of halogens is 2. The van der Waals surface area contributed by atoms with Gasteiger partial charge in [-0.25, -0.2) is 9.97 Å². The largest absolute Gasteiger partial charge is 0.482 e. The molecule has 0 aliphatic carbocycles. The van der Waals surface area contributed by atoms with Crippen LogP contribution in [0, 0.1) is 20.8 Å². The summed E-state index contributed by atoms with van der Waals surface area (Å²) in [5, 5.41) is 7.73. The molecule has 0 bridgehead atoms. The van der Waals surface area contributed by atoms with Gasteiger partial charge in [0, 0.05) is 17.5 Å². The Labute approximate surface area is 166 Å². The van der Waals surface area contributed by atoms with Crippen molar-refractivity contribution in [1.82, 2.24) is 19.7 Å². The molecule has 0 saturated carbocycles. The highest BCUT2D eigenvalue weighted by atomic mass is 35.5. The van der Waals surface area contributed by atoms with Crippen LogP contribution < -0.4 is 10.1 Å². The quantitative estimate of drug-likeness (QED) is 0.695. The zero-order valence-electron chi connectivity index (χ0n) is 15.0. The van der Waals surface area contributed by atoms with Crippen LogP contribution >= 0.6 is 23.2 Å². The van der Waals surface area contributed by atoms with Gasteiger partial charge >= 0.3 is 0 Å². The van der Waals surface area contributed by atoms with Gasteiger partial charge in [-0.3, -0.25) is 4.79 Å². The minimum atomic E-state index is -0.378. The highest BCUT2D eigenvalue weighted by molar-refractivity contribution is 6.42. The molecule has 1 amide bonds. The van der Waals surface area contributed by atoms with Crippen molar-refractivity contribution in [1.29, 1.82) is 0 Å². The van der Waals surface area contributed by atoms with Gasteiger partial charge in [0.2, 0.25) is 0 Å². The Hall–Kier alpha value is -2.64. The first-order chi connectivity index (χ1) is 12.8. The van der Waals surface area contributed by atoms with Gasteiger partial charge in [0.25, 0.3) is 11.9 Å². The van der Waals surface area contributed by atoms with Gasteiger partial charge in [0.05, 0.1) is 10.7 Å². The van der Waals surface area contributed by atoms with Crippen LogP contribution in [-0.4, -0.2) is 32.3 Å². The number of hydrogen-bond donors (Lipinski definition) is 1. The van der Waals surface area contributed by atoms with Gasteiger partial charge in [-0.05, 0) is 39.0 Å². The first kappa shape index (κ1) is 19.1. The molecule has 7 nitrogen and oxygen atoms in total. The maximum Gasteiger partial charge on any atom is 0.263 e. The average Bonchev–Trinajstić information content (AvgIpc) is 2.95. The second-order valence-electron chi connectivity index (χ2n) is 5.92. The monoisotopic (exact) mass is 405 g/mol. The fourth-order valence-corrected chi connectivity index (χ4v) is 2.81. The van der Waals surface area contributed by atoms with Gasteiger partial charge in [-0.2, -0.15) is 9.78 Å². The molecule has 1 N–H and O–H groups in total. The molecule has 140 valence electrons. The van der Waals surface area contributed by atoms with E-state index in [0.29, 0.717) is 28.2 Å². The number of benzene rings is 1. The van der Waals surface area contributed by atoms with E-state index in [1.807, 2.05) is 26.8 Å². The van der Waals surface area contributed by atoms with E-state index in [9.17, 15) is 4.79 Å². The van der Waals surface area contributed by atoms with Crippen LogP contribution in [0.25, 0.3) is 5.95 Å². The molecular weight excluding hydrogens is 389 g/mol. The molecule has 0 saturated heterocycles. The molecule has 0 fully saturated rings. The predicted octanol–water partition coefficient (Wildman–Crippen LogP) is 3.91. The Kier molecular flexibility index (Phi) is 5.62. The van der Waals surface area contributed by atoms with Gasteiger partial charge in [-0.15, -0.1) is 0 Å². The maximum absolute atomic E-state index is 12.3. The first-order valence-corrected chi connectivity index (χ1v) is 8.85. The highest BCUT2D eigenvalue weighted by Gasteiger charge is 2.15. The average molecular weight is 406 g/mol. The van der Waals surface area contributed by atoms with Crippen LogP contribution in [0.15, 0.2) is 30.3 Å². The van der Waals surface area contributed by atoms with Crippen molar-refractivity contribution < 1.29 is 9.53 Å². The zero-order chi connectivity index (χ0) is 19.6. The lowest BCUT2D eigenvalue weighted by atomic mass is 10.3. The van der Waals surface area contributed by atoms with E-state index in [0.717, 1.165) is 11.4 Å². The maximum atomic E-state index is 12.3. The van der Waals surface area contributed by atoms with E-state index in [1.165, 1.54) is 4.68 Å². The summed E-state index contributed by atoms with van der Waals surface area (Å²) in [6.07, 6.45) is 0. The fraction of sp³-hybridized carbons (Fsp3) is 0.222. The number of rotatable bonds is 5. The van der Waals surface area contributed by atoms with E-state index in [1.54, 1.807) is 24.3 Å². The minimum Gasteiger partial charge on any atom is -0.482 e. The van der Waals surface area contributed by atoms with Crippen LogP contribution in [-0.2, 0) is 4.79 Å². The van der Waals surface area contributed by atoms with E-state index in [2.05, 4.69) is 20.4 Å². The van der Waals surface area contributed by atoms with Gasteiger partial charge < -0.3 is 10.1 Å². The molecule has 0 radical (unpaired) electrons. The van der Waals surface area contributed by atoms with Gasteiger partial charge in [-0.1, -0.05) is 29.3 Å². The van der Waals surface area contributed by atoms with Crippen molar-refractivity contribution in [2.45, 2.75) is 20.8 Å². The third-order valence-electron chi connectivity index (χ3n) is 3.53. The van der Waals surface area contributed by atoms with Crippen molar-refractivity contribution in [2.24, 2.45) is 0 Å². The fourth-order valence-electron chi connectivity index (χ4n) is 2.46. The third-order valence-corrected chi connectivity index (χ3v) is 4.34. The first-order valence-electron chi connectivity index (χ1n) is 8.09. The number of aromatic nitrogens is 4.